The van der Waals surface area contributed by atoms with E-state index >= 15 is 0 Å². The van der Waals surface area contributed by atoms with E-state index in [9.17, 15) is 8.42 Å². The zero-order valence-corrected chi connectivity index (χ0v) is 11.7. The lowest BCUT2D eigenvalue weighted by Gasteiger charge is -2.38. The Morgan fingerprint density at radius 3 is 2.28 bits per heavy atom. The number of rotatable bonds is 5. The molecule has 1 aromatic carbocycles. The molecule has 0 unspecified atom stereocenters. The molecule has 1 fully saturated rings. The van der Waals surface area contributed by atoms with Crippen LogP contribution in [0.5, 0.6) is 0 Å². The third kappa shape index (κ3) is 2.91. The molecule has 0 aliphatic heterocycles. The second kappa shape index (κ2) is 4.99. The molecule has 2 N–H and O–H groups in total. The Morgan fingerprint density at radius 1 is 1.22 bits per heavy atom. The maximum Gasteiger partial charge on any atom is 0.241 e. The highest BCUT2D eigenvalue weighted by atomic mass is 32.2. The third-order valence-electron chi connectivity index (χ3n) is 3.45. The van der Waals surface area contributed by atoms with Crippen molar-refractivity contribution in [3.05, 3.63) is 29.8 Å². The molecule has 0 radical (unpaired) electrons. The summed E-state index contributed by atoms with van der Waals surface area (Å²) in [5.74, 6) is 0. The van der Waals surface area contributed by atoms with Gasteiger partial charge in [0.15, 0.2) is 0 Å². The van der Waals surface area contributed by atoms with Crippen molar-refractivity contribution < 1.29 is 8.42 Å². The summed E-state index contributed by atoms with van der Waals surface area (Å²) < 4.78 is 27.2. The Labute approximate surface area is 109 Å². The average Bonchev–Trinajstić information content (AvgIpc) is 2.28. The number of benzene rings is 1. The van der Waals surface area contributed by atoms with E-state index in [1.807, 2.05) is 26.1 Å². The summed E-state index contributed by atoms with van der Waals surface area (Å²) >= 11 is 0. The maximum atomic E-state index is 12.2. The van der Waals surface area contributed by atoms with Crippen LogP contribution < -0.4 is 10.0 Å². The molecule has 1 aliphatic carbocycles. The standard InChI is InChI=1S/C13H20N2O2S/c1-13(8-3-9-13)15-18(16,17)12-6-4-11(5-7-12)10-14-2/h4-7,14-15H,3,8-10H2,1-2H3. The van der Waals surface area contributed by atoms with Gasteiger partial charge in [-0.3, -0.25) is 0 Å². The summed E-state index contributed by atoms with van der Waals surface area (Å²) in [5, 5.41) is 3.03. The van der Waals surface area contributed by atoms with Crippen LogP contribution in [0.15, 0.2) is 29.2 Å². The smallest absolute Gasteiger partial charge is 0.241 e. The number of sulfonamides is 1. The lowest BCUT2D eigenvalue weighted by atomic mass is 9.80. The minimum atomic E-state index is -3.38. The zero-order valence-electron chi connectivity index (χ0n) is 10.9. The van der Waals surface area contributed by atoms with E-state index in [1.54, 1.807) is 12.1 Å². The van der Waals surface area contributed by atoms with E-state index in [0.717, 1.165) is 31.4 Å². The summed E-state index contributed by atoms with van der Waals surface area (Å²) in [6, 6.07) is 7.01. The highest BCUT2D eigenvalue weighted by Gasteiger charge is 2.36. The lowest BCUT2D eigenvalue weighted by molar-refractivity contribution is 0.248. The first-order valence-corrected chi connectivity index (χ1v) is 7.71. The SMILES string of the molecule is CNCc1ccc(S(=O)(=O)NC2(C)CCC2)cc1. The molecule has 0 spiro atoms. The van der Waals surface area contributed by atoms with Gasteiger partial charge in [-0.1, -0.05) is 12.1 Å². The fraction of sp³-hybridized carbons (Fsp3) is 0.538. The summed E-state index contributed by atoms with van der Waals surface area (Å²) in [5.41, 5.74) is 0.828. The van der Waals surface area contributed by atoms with Crippen molar-refractivity contribution in [2.75, 3.05) is 7.05 Å². The van der Waals surface area contributed by atoms with Gasteiger partial charge < -0.3 is 5.32 Å². The van der Waals surface area contributed by atoms with E-state index in [2.05, 4.69) is 10.0 Å². The second-order valence-corrected chi connectivity index (χ2v) is 6.88. The Hall–Kier alpha value is -0.910. The van der Waals surface area contributed by atoms with Crippen molar-refractivity contribution in [2.45, 2.75) is 43.2 Å². The van der Waals surface area contributed by atoms with Gasteiger partial charge in [0.25, 0.3) is 0 Å². The molecule has 0 saturated heterocycles. The van der Waals surface area contributed by atoms with Crippen LogP contribution in [0, 0.1) is 0 Å². The van der Waals surface area contributed by atoms with Crippen LogP contribution >= 0.6 is 0 Å². The van der Waals surface area contributed by atoms with Crippen molar-refractivity contribution in [1.29, 1.82) is 0 Å². The predicted octanol–water partition coefficient (Wildman–Crippen LogP) is 1.63. The van der Waals surface area contributed by atoms with Gasteiger partial charge in [-0.05, 0) is 50.9 Å². The van der Waals surface area contributed by atoms with Gasteiger partial charge in [-0.15, -0.1) is 0 Å². The molecule has 5 heteroatoms. The molecule has 100 valence electrons. The van der Waals surface area contributed by atoms with E-state index in [0.29, 0.717) is 4.90 Å². The normalized spacial score (nSPS) is 18.3. The minimum Gasteiger partial charge on any atom is -0.316 e. The van der Waals surface area contributed by atoms with E-state index in [-0.39, 0.29) is 5.54 Å². The van der Waals surface area contributed by atoms with Crippen LogP contribution in [0.4, 0.5) is 0 Å². The molecule has 4 nitrogen and oxygen atoms in total. The maximum absolute atomic E-state index is 12.2. The fourth-order valence-electron chi connectivity index (χ4n) is 2.18. The summed E-state index contributed by atoms with van der Waals surface area (Å²) in [4.78, 5) is 0.343. The number of hydrogen-bond donors (Lipinski definition) is 2. The van der Waals surface area contributed by atoms with Gasteiger partial charge in [0.1, 0.15) is 0 Å². The summed E-state index contributed by atoms with van der Waals surface area (Å²) in [6.45, 7) is 2.70. The van der Waals surface area contributed by atoms with Crippen molar-refractivity contribution in [1.82, 2.24) is 10.0 Å². The first-order valence-electron chi connectivity index (χ1n) is 6.23. The van der Waals surface area contributed by atoms with Crippen molar-refractivity contribution >= 4 is 10.0 Å². The number of nitrogens with one attached hydrogen (secondary N) is 2. The van der Waals surface area contributed by atoms with Gasteiger partial charge in [0.05, 0.1) is 4.90 Å². The second-order valence-electron chi connectivity index (χ2n) is 5.19. The van der Waals surface area contributed by atoms with E-state index < -0.39 is 10.0 Å². The Morgan fingerprint density at radius 2 is 1.83 bits per heavy atom. The van der Waals surface area contributed by atoms with Gasteiger partial charge in [0, 0.05) is 12.1 Å². The minimum absolute atomic E-state index is 0.248. The van der Waals surface area contributed by atoms with Gasteiger partial charge in [0.2, 0.25) is 10.0 Å². The Bertz CT molecular complexity index is 504. The predicted molar refractivity (Wildman–Crippen MR) is 71.8 cm³/mol. The molecule has 1 saturated carbocycles. The monoisotopic (exact) mass is 268 g/mol. The Balaban J connectivity index is 2.14. The highest BCUT2D eigenvalue weighted by molar-refractivity contribution is 7.89. The largest absolute Gasteiger partial charge is 0.316 e. The fourth-order valence-corrected chi connectivity index (χ4v) is 3.65. The number of hydrogen-bond acceptors (Lipinski definition) is 3. The van der Waals surface area contributed by atoms with Gasteiger partial charge in [-0.2, -0.15) is 0 Å². The van der Waals surface area contributed by atoms with E-state index in [4.69, 9.17) is 0 Å². The molecule has 0 bridgehead atoms. The summed E-state index contributed by atoms with van der Waals surface area (Å²) in [6.07, 6.45) is 2.94. The molecular formula is C13H20N2O2S. The van der Waals surface area contributed by atoms with Gasteiger partial charge >= 0.3 is 0 Å². The molecule has 0 amide bonds. The van der Waals surface area contributed by atoms with Crippen LogP contribution in [0.25, 0.3) is 0 Å². The quantitative estimate of drug-likeness (QED) is 0.853. The molecule has 18 heavy (non-hydrogen) atoms. The first kappa shape index (κ1) is 13.5. The zero-order chi connectivity index (χ0) is 13.2. The topological polar surface area (TPSA) is 58.2 Å². The third-order valence-corrected chi connectivity index (χ3v) is 5.11. The molecule has 0 heterocycles. The first-order chi connectivity index (χ1) is 8.45. The van der Waals surface area contributed by atoms with Crippen molar-refractivity contribution in [2.24, 2.45) is 0 Å². The lowest BCUT2D eigenvalue weighted by Crippen LogP contribution is -2.50. The molecule has 2 rings (SSSR count). The summed E-state index contributed by atoms with van der Waals surface area (Å²) in [7, 11) is -1.52. The van der Waals surface area contributed by atoms with Crippen LogP contribution in [0.1, 0.15) is 31.7 Å². The highest BCUT2D eigenvalue weighted by Crippen LogP contribution is 2.32. The average molecular weight is 268 g/mol. The molecule has 1 aromatic rings. The van der Waals surface area contributed by atoms with Crippen LogP contribution in [0.3, 0.4) is 0 Å². The van der Waals surface area contributed by atoms with Crippen LogP contribution in [0.2, 0.25) is 0 Å². The Kier molecular flexibility index (Phi) is 3.75. The van der Waals surface area contributed by atoms with Crippen molar-refractivity contribution in [3.63, 3.8) is 0 Å². The molecular weight excluding hydrogens is 248 g/mol. The molecule has 0 aromatic heterocycles. The van der Waals surface area contributed by atoms with E-state index in [1.165, 1.54) is 0 Å². The molecule has 0 atom stereocenters. The molecule has 1 aliphatic rings. The van der Waals surface area contributed by atoms with Crippen LogP contribution in [-0.4, -0.2) is 21.0 Å². The van der Waals surface area contributed by atoms with Gasteiger partial charge in [-0.25, -0.2) is 13.1 Å². The van der Waals surface area contributed by atoms with Crippen LogP contribution in [-0.2, 0) is 16.6 Å². The van der Waals surface area contributed by atoms with Crippen molar-refractivity contribution in [3.8, 4) is 0 Å².